The number of aromatic nitrogens is 2. The van der Waals surface area contributed by atoms with Crippen LogP contribution in [0.4, 0.5) is 11.5 Å². The van der Waals surface area contributed by atoms with E-state index in [1.807, 2.05) is 13.0 Å². The topological polar surface area (TPSA) is 80.9 Å². The number of nitrogens with two attached hydrogens (primary N) is 1. The van der Waals surface area contributed by atoms with Crippen molar-refractivity contribution in [1.82, 2.24) is 9.97 Å². The monoisotopic (exact) mass is 262 g/mol. The summed E-state index contributed by atoms with van der Waals surface area (Å²) in [5, 5.41) is 2.99. The first-order valence-electron chi connectivity index (χ1n) is 5.21. The first-order chi connectivity index (χ1) is 8.58. The summed E-state index contributed by atoms with van der Waals surface area (Å²) in [6.07, 6.45) is 4.62. The molecule has 0 saturated heterocycles. The van der Waals surface area contributed by atoms with Gasteiger partial charge in [-0.25, -0.2) is 4.98 Å². The number of amides is 1. The number of rotatable bonds is 2. The Morgan fingerprint density at radius 3 is 2.89 bits per heavy atom. The SMILES string of the molecule is Cc1ccncc1NC(=O)c1cnc(N)c(Cl)c1. The van der Waals surface area contributed by atoms with E-state index in [9.17, 15) is 4.79 Å². The lowest BCUT2D eigenvalue weighted by atomic mass is 10.2. The van der Waals surface area contributed by atoms with Crippen molar-refractivity contribution in [2.24, 2.45) is 0 Å². The van der Waals surface area contributed by atoms with Crippen molar-refractivity contribution in [3.63, 3.8) is 0 Å². The minimum Gasteiger partial charge on any atom is -0.382 e. The zero-order valence-corrected chi connectivity index (χ0v) is 10.4. The summed E-state index contributed by atoms with van der Waals surface area (Å²) >= 11 is 5.81. The maximum Gasteiger partial charge on any atom is 0.257 e. The van der Waals surface area contributed by atoms with Gasteiger partial charge in [-0.2, -0.15) is 0 Å². The predicted octanol–water partition coefficient (Wildman–Crippen LogP) is 2.27. The highest BCUT2D eigenvalue weighted by molar-refractivity contribution is 6.33. The Morgan fingerprint density at radius 1 is 1.44 bits per heavy atom. The Bertz CT molecular complexity index is 600. The van der Waals surface area contributed by atoms with Crippen LogP contribution in [-0.2, 0) is 0 Å². The van der Waals surface area contributed by atoms with E-state index in [0.29, 0.717) is 11.3 Å². The number of pyridine rings is 2. The van der Waals surface area contributed by atoms with Crippen molar-refractivity contribution in [3.8, 4) is 0 Å². The molecule has 0 atom stereocenters. The molecule has 92 valence electrons. The first-order valence-corrected chi connectivity index (χ1v) is 5.58. The van der Waals surface area contributed by atoms with Gasteiger partial charge in [0.15, 0.2) is 0 Å². The van der Waals surface area contributed by atoms with Crippen LogP contribution >= 0.6 is 11.6 Å². The minimum absolute atomic E-state index is 0.200. The highest BCUT2D eigenvalue weighted by Crippen LogP contribution is 2.18. The molecule has 0 aliphatic carbocycles. The number of halogens is 1. The smallest absolute Gasteiger partial charge is 0.257 e. The van der Waals surface area contributed by atoms with Gasteiger partial charge in [0.2, 0.25) is 0 Å². The quantitative estimate of drug-likeness (QED) is 0.870. The van der Waals surface area contributed by atoms with Crippen molar-refractivity contribution >= 4 is 29.0 Å². The highest BCUT2D eigenvalue weighted by atomic mass is 35.5. The van der Waals surface area contributed by atoms with Gasteiger partial charge in [-0.05, 0) is 24.6 Å². The second-order valence-corrected chi connectivity index (χ2v) is 4.14. The Labute approximate surface area is 109 Å². The Kier molecular flexibility index (Phi) is 3.43. The third-order valence-corrected chi connectivity index (χ3v) is 2.72. The standard InChI is InChI=1S/C12H11ClN4O/c1-7-2-3-15-6-10(7)17-12(18)8-4-9(13)11(14)16-5-8/h2-6H,1H3,(H2,14,16)(H,17,18). The van der Waals surface area contributed by atoms with Gasteiger partial charge in [0.1, 0.15) is 5.82 Å². The molecule has 0 saturated carbocycles. The first kappa shape index (κ1) is 12.3. The van der Waals surface area contributed by atoms with Gasteiger partial charge in [-0.3, -0.25) is 9.78 Å². The average molecular weight is 263 g/mol. The van der Waals surface area contributed by atoms with E-state index >= 15 is 0 Å². The zero-order chi connectivity index (χ0) is 13.1. The largest absolute Gasteiger partial charge is 0.382 e. The molecule has 0 aromatic carbocycles. The van der Waals surface area contributed by atoms with Crippen molar-refractivity contribution in [2.75, 3.05) is 11.1 Å². The Morgan fingerprint density at radius 2 is 2.22 bits per heavy atom. The summed E-state index contributed by atoms with van der Waals surface area (Å²) in [6, 6.07) is 3.29. The molecule has 6 heteroatoms. The number of aryl methyl sites for hydroxylation is 1. The van der Waals surface area contributed by atoms with Gasteiger partial charge in [-0.15, -0.1) is 0 Å². The average Bonchev–Trinajstić information content (AvgIpc) is 2.35. The van der Waals surface area contributed by atoms with Crippen LogP contribution in [0.25, 0.3) is 0 Å². The fourth-order valence-corrected chi connectivity index (χ4v) is 1.53. The number of hydrogen-bond acceptors (Lipinski definition) is 4. The fraction of sp³-hybridized carbons (Fsp3) is 0.0833. The lowest BCUT2D eigenvalue weighted by Gasteiger charge is -2.07. The van der Waals surface area contributed by atoms with Gasteiger partial charge in [0, 0.05) is 12.4 Å². The molecule has 0 unspecified atom stereocenters. The second-order valence-electron chi connectivity index (χ2n) is 3.74. The van der Waals surface area contributed by atoms with Crippen LogP contribution in [0.5, 0.6) is 0 Å². The number of nitrogens with one attached hydrogen (secondary N) is 1. The number of carbonyl (C=O) groups is 1. The van der Waals surface area contributed by atoms with Crippen LogP contribution in [0.2, 0.25) is 5.02 Å². The predicted molar refractivity (Wildman–Crippen MR) is 70.6 cm³/mol. The summed E-state index contributed by atoms with van der Waals surface area (Å²) < 4.78 is 0. The molecule has 3 N–H and O–H groups in total. The lowest BCUT2D eigenvalue weighted by molar-refractivity contribution is 0.102. The fourth-order valence-electron chi connectivity index (χ4n) is 1.36. The molecule has 2 aromatic heterocycles. The van der Waals surface area contributed by atoms with Crippen molar-refractivity contribution in [2.45, 2.75) is 6.92 Å². The van der Waals surface area contributed by atoms with Crippen molar-refractivity contribution < 1.29 is 4.79 Å². The molecule has 2 heterocycles. The van der Waals surface area contributed by atoms with Crippen molar-refractivity contribution in [1.29, 1.82) is 0 Å². The Hall–Kier alpha value is -2.14. The third-order valence-electron chi connectivity index (χ3n) is 2.42. The van der Waals surface area contributed by atoms with Crippen molar-refractivity contribution in [3.05, 3.63) is 46.9 Å². The molecule has 2 aromatic rings. The molecular weight excluding hydrogens is 252 g/mol. The molecule has 5 nitrogen and oxygen atoms in total. The van der Waals surface area contributed by atoms with E-state index in [0.717, 1.165) is 5.56 Å². The van der Waals surface area contributed by atoms with E-state index < -0.39 is 0 Å². The van der Waals surface area contributed by atoms with Crippen LogP contribution in [-0.4, -0.2) is 15.9 Å². The summed E-state index contributed by atoms with van der Waals surface area (Å²) in [7, 11) is 0. The van der Waals surface area contributed by atoms with Gasteiger partial charge in [0.05, 0.1) is 22.5 Å². The van der Waals surface area contributed by atoms with Gasteiger partial charge < -0.3 is 11.1 Å². The molecule has 0 radical (unpaired) electrons. The summed E-state index contributed by atoms with van der Waals surface area (Å²) in [5.74, 6) is -0.105. The van der Waals surface area contributed by atoms with Crippen LogP contribution < -0.4 is 11.1 Å². The molecule has 18 heavy (non-hydrogen) atoms. The second kappa shape index (κ2) is 5.01. The molecule has 0 aliphatic rings. The molecule has 1 amide bonds. The number of nitrogen functional groups attached to an aromatic ring is 1. The number of anilines is 2. The molecule has 2 rings (SSSR count). The molecule has 0 fully saturated rings. The lowest BCUT2D eigenvalue weighted by Crippen LogP contribution is -2.13. The van der Waals surface area contributed by atoms with E-state index in [4.69, 9.17) is 17.3 Å². The Balaban J connectivity index is 2.22. The number of hydrogen-bond donors (Lipinski definition) is 2. The van der Waals surface area contributed by atoms with Gasteiger partial charge >= 0.3 is 0 Å². The summed E-state index contributed by atoms with van der Waals surface area (Å²) in [4.78, 5) is 19.7. The zero-order valence-electron chi connectivity index (χ0n) is 9.64. The van der Waals surface area contributed by atoms with E-state index in [1.54, 1.807) is 12.4 Å². The maximum atomic E-state index is 12.0. The number of carbonyl (C=O) groups excluding carboxylic acids is 1. The van der Waals surface area contributed by atoms with Crippen LogP contribution in [0, 0.1) is 6.92 Å². The van der Waals surface area contributed by atoms with Crippen LogP contribution in [0.1, 0.15) is 15.9 Å². The van der Waals surface area contributed by atoms with E-state index in [1.165, 1.54) is 12.3 Å². The molecule has 0 bridgehead atoms. The summed E-state index contributed by atoms with van der Waals surface area (Å²) in [6.45, 7) is 1.88. The third kappa shape index (κ3) is 2.57. The maximum absolute atomic E-state index is 12.0. The van der Waals surface area contributed by atoms with Gasteiger partial charge in [-0.1, -0.05) is 11.6 Å². The molecule has 0 aliphatic heterocycles. The normalized spacial score (nSPS) is 10.1. The van der Waals surface area contributed by atoms with Crippen LogP contribution in [0.3, 0.4) is 0 Å². The summed E-state index contributed by atoms with van der Waals surface area (Å²) in [5.41, 5.74) is 7.40. The van der Waals surface area contributed by atoms with E-state index in [-0.39, 0.29) is 16.7 Å². The minimum atomic E-state index is -0.305. The molecule has 0 spiro atoms. The number of nitrogens with zero attached hydrogens (tertiary/aromatic N) is 2. The van der Waals surface area contributed by atoms with Crippen LogP contribution in [0.15, 0.2) is 30.7 Å². The highest BCUT2D eigenvalue weighted by Gasteiger charge is 2.10. The van der Waals surface area contributed by atoms with Gasteiger partial charge in [0.25, 0.3) is 5.91 Å². The molecular formula is C12H11ClN4O. The van der Waals surface area contributed by atoms with E-state index in [2.05, 4.69) is 15.3 Å².